The molecule has 3 rings (SSSR count). The average molecular weight is 269 g/mol. The van der Waals surface area contributed by atoms with E-state index in [4.69, 9.17) is 0 Å². The van der Waals surface area contributed by atoms with Gasteiger partial charge in [0.2, 0.25) is 0 Å². The largest absolute Gasteiger partial charge is 0.383 e. The van der Waals surface area contributed by atoms with Gasteiger partial charge in [0, 0.05) is 16.0 Å². The second-order valence-corrected chi connectivity index (χ2v) is 5.69. The molecule has 19 heavy (non-hydrogen) atoms. The Morgan fingerprint density at radius 1 is 1.16 bits per heavy atom. The second-order valence-electron chi connectivity index (χ2n) is 4.74. The molecule has 0 amide bonds. The molecular weight excluding hydrogens is 254 g/mol. The molecule has 0 spiro atoms. The SMILES string of the molecule is Cc1cc(C(O)c2sccc2C)c2ccccc2n1. The molecule has 0 bridgehead atoms. The quantitative estimate of drug-likeness (QED) is 0.763. The van der Waals surface area contributed by atoms with Gasteiger partial charge < -0.3 is 5.11 Å². The average Bonchev–Trinajstić information content (AvgIpc) is 2.83. The van der Waals surface area contributed by atoms with Gasteiger partial charge in [0.25, 0.3) is 0 Å². The molecule has 0 aliphatic rings. The Morgan fingerprint density at radius 3 is 2.68 bits per heavy atom. The van der Waals surface area contributed by atoms with E-state index in [9.17, 15) is 5.11 Å². The fourth-order valence-electron chi connectivity index (χ4n) is 2.37. The van der Waals surface area contributed by atoms with Gasteiger partial charge in [-0.15, -0.1) is 11.3 Å². The summed E-state index contributed by atoms with van der Waals surface area (Å²) in [7, 11) is 0. The van der Waals surface area contributed by atoms with Crippen LogP contribution >= 0.6 is 11.3 Å². The Balaban J connectivity index is 2.22. The van der Waals surface area contributed by atoms with E-state index in [0.717, 1.165) is 32.6 Å². The third-order valence-corrected chi connectivity index (χ3v) is 4.39. The van der Waals surface area contributed by atoms with Gasteiger partial charge in [-0.2, -0.15) is 0 Å². The van der Waals surface area contributed by atoms with Crippen LogP contribution in [-0.2, 0) is 0 Å². The lowest BCUT2D eigenvalue weighted by Crippen LogP contribution is -2.01. The topological polar surface area (TPSA) is 33.1 Å². The highest BCUT2D eigenvalue weighted by Crippen LogP contribution is 2.33. The van der Waals surface area contributed by atoms with Crippen LogP contribution in [0.1, 0.15) is 27.8 Å². The number of rotatable bonds is 2. The minimum absolute atomic E-state index is 0.577. The fourth-order valence-corrected chi connectivity index (χ4v) is 3.30. The molecule has 2 nitrogen and oxygen atoms in total. The molecule has 3 aromatic rings. The van der Waals surface area contributed by atoms with E-state index in [0.29, 0.717) is 0 Å². The highest BCUT2D eigenvalue weighted by Gasteiger charge is 2.17. The standard InChI is InChI=1S/C16H15NOS/c1-10-7-8-19-16(10)15(18)13-9-11(2)17-14-6-4-3-5-12(13)14/h3-9,15,18H,1-2H3. The molecule has 0 saturated carbocycles. The van der Waals surface area contributed by atoms with Crippen molar-refractivity contribution >= 4 is 22.2 Å². The zero-order chi connectivity index (χ0) is 13.4. The summed E-state index contributed by atoms with van der Waals surface area (Å²) in [5.41, 5.74) is 3.94. The Kier molecular flexibility index (Phi) is 3.09. The van der Waals surface area contributed by atoms with E-state index in [2.05, 4.69) is 4.98 Å². The highest BCUT2D eigenvalue weighted by atomic mass is 32.1. The molecule has 0 aliphatic heterocycles. The van der Waals surface area contributed by atoms with Crippen molar-refractivity contribution in [1.29, 1.82) is 0 Å². The van der Waals surface area contributed by atoms with Crippen LogP contribution < -0.4 is 0 Å². The number of nitrogens with zero attached hydrogens (tertiary/aromatic N) is 1. The van der Waals surface area contributed by atoms with E-state index in [1.54, 1.807) is 11.3 Å². The Morgan fingerprint density at radius 2 is 1.95 bits per heavy atom. The summed E-state index contributed by atoms with van der Waals surface area (Å²) in [6.45, 7) is 4.00. The number of hydrogen-bond donors (Lipinski definition) is 1. The van der Waals surface area contributed by atoms with Crippen molar-refractivity contribution < 1.29 is 5.11 Å². The number of fused-ring (bicyclic) bond motifs is 1. The number of pyridine rings is 1. The number of aryl methyl sites for hydroxylation is 2. The molecule has 1 aromatic carbocycles. The van der Waals surface area contributed by atoms with Crippen molar-refractivity contribution in [2.75, 3.05) is 0 Å². The van der Waals surface area contributed by atoms with Crippen molar-refractivity contribution in [3.8, 4) is 0 Å². The zero-order valence-corrected chi connectivity index (χ0v) is 11.7. The summed E-state index contributed by atoms with van der Waals surface area (Å²) in [6.07, 6.45) is -0.577. The summed E-state index contributed by atoms with van der Waals surface area (Å²) in [4.78, 5) is 5.52. The first-order valence-electron chi connectivity index (χ1n) is 6.25. The van der Waals surface area contributed by atoms with Crippen LogP contribution in [0.2, 0.25) is 0 Å². The lowest BCUT2D eigenvalue weighted by molar-refractivity contribution is 0.225. The van der Waals surface area contributed by atoms with Gasteiger partial charge in [-0.1, -0.05) is 18.2 Å². The zero-order valence-electron chi connectivity index (χ0n) is 10.9. The molecule has 3 heteroatoms. The fraction of sp³-hybridized carbons (Fsp3) is 0.188. The molecule has 0 saturated heterocycles. The van der Waals surface area contributed by atoms with Crippen molar-refractivity contribution in [3.05, 3.63) is 63.5 Å². The van der Waals surface area contributed by atoms with E-state index >= 15 is 0 Å². The van der Waals surface area contributed by atoms with E-state index < -0.39 is 6.10 Å². The molecule has 0 aliphatic carbocycles. The van der Waals surface area contributed by atoms with Gasteiger partial charge >= 0.3 is 0 Å². The van der Waals surface area contributed by atoms with Crippen LogP contribution in [0.3, 0.4) is 0 Å². The lowest BCUT2D eigenvalue weighted by atomic mass is 10.0. The molecule has 1 unspecified atom stereocenters. The summed E-state index contributed by atoms with van der Waals surface area (Å²) in [5, 5.41) is 13.7. The number of aliphatic hydroxyl groups is 1. The number of benzene rings is 1. The van der Waals surface area contributed by atoms with Crippen molar-refractivity contribution in [2.24, 2.45) is 0 Å². The predicted octanol–water partition coefficient (Wildman–Crippen LogP) is 3.99. The predicted molar refractivity (Wildman–Crippen MR) is 79.6 cm³/mol. The van der Waals surface area contributed by atoms with Crippen LogP contribution in [0.15, 0.2) is 41.8 Å². The van der Waals surface area contributed by atoms with Crippen LogP contribution in [0.4, 0.5) is 0 Å². The van der Waals surface area contributed by atoms with Crippen LogP contribution in [-0.4, -0.2) is 10.1 Å². The molecule has 96 valence electrons. The van der Waals surface area contributed by atoms with Gasteiger partial charge in [0.15, 0.2) is 0 Å². The maximum absolute atomic E-state index is 10.7. The Labute approximate surface area is 116 Å². The Hall–Kier alpha value is -1.71. The summed E-state index contributed by atoms with van der Waals surface area (Å²) in [5.74, 6) is 0. The maximum Gasteiger partial charge on any atom is 0.114 e. The van der Waals surface area contributed by atoms with E-state index in [1.165, 1.54) is 0 Å². The number of hydrogen-bond acceptors (Lipinski definition) is 3. The van der Waals surface area contributed by atoms with E-state index in [1.807, 2.05) is 55.6 Å². The first-order chi connectivity index (χ1) is 9.16. The number of aliphatic hydroxyl groups excluding tert-OH is 1. The van der Waals surface area contributed by atoms with Crippen LogP contribution in [0, 0.1) is 13.8 Å². The minimum Gasteiger partial charge on any atom is -0.383 e. The molecule has 1 N–H and O–H groups in total. The van der Waals surface area contributed by atoms with Crippen molar-refractivity contribution in [2.45, 2.75) is 20.0 Å². The van der Waals surface area contributed by atoms with Crippen LogP contribution in [0.5, 0.6) is 0 Å². The van der Waals surface area contributed by atoms with Gasteiger partial charge in [-0.25, -0.2) is 0 Å². The van der Waals surface area contributed by atoms with Crippen LogP contribution in [0.25, 0.3) is 10.9 Å². The van der Waals surface area contributed by atoms with Gasteiger partial charge in [-0.3, -0.25) is 4.98 Å². The summed E-state index contributed by atoms with van der Waals surface area (Å²) in [6, 6.07) is 12.0. The number of para-hydroxylation sites is 1. The number of thiophene rings is 1. The van der Waals surface area contributed by atoms with Crippen molar-refractivity contribution in [3.63, 3.8) is 0 Å². The third kappa shape index (κ3) is 2.15. The van der Waals surface area contributed by atoms with E-state index in [-0.39, 0.29) is 0 Å². The third-order valence-electron chi connectivity index (χ3n) is 3.32. The molecule has 0 radical (unpaired) electrons. The smallest absolute Gasteiger partial charge is 0.114 e. The molecule has 2 heterocycles. The minimum atomic E-state index is -0.577. The van der Waals surface area contributed by atoms with Gasteiger partial charge in [0.05, 0.1) is 5.52 Å². The first-order valence-corrected chi connectivity index (χ1v) is 7.13. The highest BCUT2D eigenvalue weighted by molar-refractivity contribution is 7.10. The summed E-state index contributed by atoms with van der Waals surface area (Å²) < 4.78 is 0. The lowest BCUT2D eigenvalue weighted by Gasteiger charge is -2.14. The number of aromatic nitrogens is 1. The monoisotopic (exact) mass is 269 g/mol. The van der Waals surface area contributed by atoms with Gasteiger partial charge in [0.1, 0.15) is 6.10 Å². The Bertz CT molecular complexity index is 732. The molecule has 2 aromatic heterocycles. The first kappa shape index (κ1) is 12.3. The normalized spacial score (nSPS) is 12.8. The maximum atomic E-state index is 10.7. The van der Waals surface area contributed by atoms with Gasteiger partial charge in [-0.05, 0) is 48.6 Å². The second kappa shape index (κ2) is 4.76. The van der Waals surface area contributed by atoms with Crippen molar-refractivity contribution in [1.82, 2.24) is 4.98 Å². The summed E-state index contributed by atoms with van der Waals surface area (Å²) >= 11 is 1.60. The molecule has 1 atom stereocenters. The molecular formula is C16H15NOS. The molecule has 0 fully saturated rings.